The Balaban J connectivity index is 2.48. The normalized spacial score (nSPS) is 13.6. The minimum absolute atomic E-state index is 0.0517. The number of rotatable bonds is 2. The Morgan fingerprint density at radius 1 is 0.957 bits per heavy atom. The molecule has 2 aromatic rings. The topological polar surface area (TPSA) is 26.1 Å². The molecule has 0 aliphatic rings. The summed E-state index contributed by atoms with van der Waals surface area (Å²) in [5.74, 6) is 6.19. The molecule has 0 aliphatic carbocycles. The van der Waals surface area contributed by atoms with Gasteiger partial charge in [0.1, 0.15) is 0 Å². The Bertz CT molecular complexity index is 728. The van der Waals surface area contributed by atoms with E-state index in [2.05, 4.69) is 11.8 Å². The van der Waals surface area contributed by atoms with Gasteiger partial charge in [-0.3, -0.25) is 0 Å². The van der Waals surface area contributed by atoms with E-state index in [1.165, 1.54) is 0 Å². The van der Waals surface area contributed by atoms with Gasteiger partial charge in [0.2, 0.25) is 5.71 Å². The molecule has 0 N–H and O–H groups in total. The van der Waals surface area contributed by atoms with E-state index < -0.39 is 5.54 Å². The zero-order valence-electron chi connectivity index (χ0n) is 14.2. The van der Waals surface area contributed by atoms with E-state index in [0.717, 1.165) is 15.9 Å². The van der Waals surface area contributed by atoms with E-state index >= 15 is 0 Å². The average molecular weight is 305 g/mol. The molecule has 0 saturated heterocycles. The number of benzene rings is 2. The number of hydrogen-bond donors (Lipinski definition) is 0. The van der Waals surface area contributed by atoms with E-state index in [4.69, 9.17) is 0 Å². The highest BCUT2D eigenvalue weighted by Crippen LogP contribution is 2.19. The molecule has 0 heterocycles. The summed E-state index contributed by atoms with van der Waals surface area (Å²) >= 11 is 0. The largest absolute Gasteiger partial charge is 0.623 e. The van der Waals surface area contributed by atoms with Crippen LogP contribution in [0, 0.1) is 17.0 Å². The molecule has 2 heteroatoms. The fourth-order valence-corrected chi connectivity index (χ4v) is 2.25. The van der Waals surface area contributed by atoms with Gasteiger partial charge in [0, 0.05) is 32.3 Å². The van der Waals surface area contributed by atoms with Gasteiger partial charge in [-0.1, -0.05) is 54.5 Å². The van der Waals surface area contributed by atoms with E-state index in [1.807, 2.05) is 88.4 Å². The van der Waals surface area contributed by atoms with Gasteiger partial charge in [-0.25, -0.2) is 0 Å². The third kappa shape index (κ3) is 4.47. The van der Waals surface area contributed by atoms with Gasteiger partial charge in [-0.2, -0.15) is 4.74 Å². The molecule has 2 nitrogen and oxygen atoms in total. The van der Waals surface area contributed by atoms with Gasteiger partial charge in [0.05, 0.1) is 5.92 Å². The van der Waals surface area contributed by atoms with Gasteiger partial charge in [-0.05, 0) is 24.6 Å². The fourth-order valence-electron chi connectivity index (χ4n) is 2.25. The van der Waals surface area contributed by atoms with Gasteiger partial charge >= 0.3 is 0 Å². The highest BCUT2D eigenvalue weighted by molar-refractivity contribution is 6.01. The second-order valence-corrected chi connectivity index (χ2v) is 6.60. The first kappa shape index (κ1) is 16.8. The van der Waals surface area contributed by atoms with Crippen LogP contribution >= 0.6 is 0 Å². The molecule has 0 radical (unpaired) electrons. The van der Waals surface area contributed by atoms with E-state index in [0.29, 0.717) is 5.71 Å². The van der Waals surface area contributed by atoms with Crippen molar-refractivity contribution in [2.24, 2.45) is 0 Å². The van der Waals surface area contributed by atoms with Crippen molar-refractivity contribution in [2.45, 2.75) is 39.2 Å². The van der Waals surface area contributed by atoms with E-state index in [1.54, 1.807) is 0 Å². The maximum atomic E-state index is 12.8. The van der Waals surface area contributed by atoms with Crippen LogP contribution in [0.2, 0.25) is 0 Å². The van der Waals surface area contributed by atoms with Crippen LogP contribution in [0.5, 0.6) is 0 Å². The summed E-state index contributed by atoms with van der Waals surface area (Å²) in [4.78, 5) is 0. The number of hydroxylamine groups is 1. The lowest BCUT2D eigenvalue weighted by Gasteiger charge is -2.23. The van der Waals surface area contributed by atoms with E-state index in [-0.39, 0.29) is 5.92 Å². The zero-order valence-corrected chi connectivity index (χ0v) is 14.2. The lowest BCUT2D eigenvalue weighted by atomic mass is 9.94. The Kier molecular flexibility index (Phi) is 5.24. The van der Waals surface area contributed by atoms with E-state index in [9.17, 15) is 5.21 Å². The average Bonchev–Trinajstić information content (AvgIpc) is 2.55. The van der Waals surface area contributed by atoms with Crippen LogP contribution in [0.25, 0.3) is 0 Å². The minimum Gasteiger partial charge on any atom is -0.623 e. The van der Waals surface area contributed by atoms with Crippen LogP contribution in [0.4, 0.5) is 0 Å². The molecule has 1 unspecified atom stereocenters. The Morgan fingerprint density at radius 2 is 1.48 bits per heavy atom. The monoisotopic (exact) mass is 305 g/mol. The first-order chi connectivity index (χ1) is 10.9. The quantitative estimate of drug-likeness (QED) is 0.262. The lowest BCUT2D eigenvalue weighted by Crippen LogP contribution is -2.35. The first-order valence-corrected chi connectivity index (χ1v) is 7.86. The molecule has 1 atom stereocenters. The molecule has 0 aliphatic heterocycles. The molecule has 0 saturated carbocycles. The molecule has 0 spiro atoms. The van der Waals surface area contributed by atoms with Crippen molar-refractivity contribution in [3.8, 4) is 11.8 Å². The molecule has 0 amide bonds. The standard InChI is InChI=1S/C21H23NO/c1-17(19-13-9-6-10-14-19)20(22(23)21(2,3)4)16-15-18-11-7-5-8-12-18/h5-14,17H,1-4H3/b22-20-. The maximum Gasteiger partial charge on any atom is 0.246 e. The highest BCUT2D eigenvalue weighted by atomic mass is 16.5. The maximum absolute atomic E-state index is 12.8. The van der Waals surface area contributed by atoms with Crippen LogP contribution < -0.4 is 0 Å². The van der Waals surface area contributed by atoms with Crippen molar-refractivity contribution in [1.29, 1.82) is 0 Å². The Morgan fingerprint density at radius 3 is 2.00 bits per heavy atom. The van der Waals surface area contributed by atoms with Crippen LogP contribution in [-0.4, -0.2) is 16.0 Å². The number of hydrogen-bond acceptors (Lipinski definition) is 1. The first-order valence-electron chi connectivity index (χ1n) is 7.86. The number of nitrogens with zero attached hydrogens (tertiary/aromatic N) is 1. The summed E-state index contributed by atoms with van der Waals surface area (Å²) in [5.41, 5.74) is 2.07. The Hall–Kier alpha value is -2.53. The molecule has 2 aromatic carbocycles. The molecule has 23 heavy (non-hydrogen) atoms. The van der Waals surface area contributed by atoms with Gasteiger partial charge in [0.15, 0.2) is 5.54 Å². The van der Waals surface area contributed by atoms with Gasteiger partial charge < -0.3 is 5.21 Å². The van der Waals surface area contributed by atoms with Crippen molar-refractivity contribution >= 4 is 5.71 Å². The molecule has 2 rings (SSSR count). The second kappa shape index (κ2) is 7.15. The van der Waals surface area contributed by atoms with Crippen molar-refractivity contribution < 1.29 is 4.74 Å². The predicted octanol–water partition coefficient (Wildman–Crippen LogP) is 4.59. The summed E-state index contributed by atoms with van der Waals surface area (Å²) in [5, 5.41) is 12.8. The van der Waals surface area contributed by atoms with Crippen LogP contribution in [-0.2, 0) is 0 Å². The molecule has 0 fully saturated rings. The molecular weight excluding hydrogens is 282 g/mol. The van der Waals surface area contributed by atoms with Crippen LogP contribution in [0.3, 0.4) is 0 Å². The lowest BCUT2D eigenvalue weighted by molar-refractivity contribution is -0.535. The smallest absolute Gasteiger partial charge is 0.246 e. The highest BCUT2D eigenvalue weighted by Gasteiger charge is 2.27. The van der Waals surface area contributed by atoms with Crippen molar-refractivity contribution in [2.75, 3.05) is 0 Å². The molecular formula is C21H23NO. The van der Waals surface area contributed by atoms with Gasteiger partial charge in [-0.15, -0.1) is 0 Å². The SMILES string of the molecule is CC(/C(C#Cc1ccccc1)=[N+](\[O-])C(C)(C)C)c1ccccc1. The van der Waals surface area contributed by atoms with Crippen molar-refractivity contribution in [1.82, 2.24) is 0 Å². The summed E-state index contributed by atoms with van der Waals surface area (Å²) in [7, 11) is 0. The van der Waals surface area contributed by atoms with Crippen LogP contribution in [0.1, 0.15) is 44.7 Å². The van der Waals surface area contributed by atoms with Gasteiger partial charge in [0.25, 0.3) is 0 Å². The second-order valence-electron chi connectivity index (χ2n) is 6.60. The zero-order chi connectivity index (χ0) is 16.9. The summed E-state index contributed by atoms with van der Waals surface area (Å²) in [6.07, 6.45) is 0. The summed E-state index contributed by atoms with van der Waals surface area (Å²) in [6.45, 7) is 7.74. The minimum atomic E-state index is -0.524. The molecule has 0 aromatic heterocycles. The summed E-state index contributed by atoms with van der Waals surface area (Å²) in [6, 6.07) is 19.8. The third-order valence-electron chi connectivity index (χ3n) is 3.65. The third-order valence-corrected chi connectivity index (χ3v) is 3.65. The fraction of sp³-hybridized carbons (Fsp3) is 0.286. The van der Waals surface area contributed by atoms with Crippen LogP contribution in [0.15, 0.2) is 60.7 Å². The summed E-state index contributed by atoms with van der Waals surface area (Å²) < 4.78 is 1.04. The predicted molar refractivity (Wildman–Crippen MR) is 96.6 cm³/mol. The van der Waals surface area contributed by atoms with Crippen molar-refractivity contribution in [3.63, 3.8) is 0 Å². The molecule has 118 valence electrons. The van der Waals surface area contributed by atoms with Crippen molar-refractivity contribution in [3.05, 3.63) is 77.0 Å². The Labute approximate surface area is 139 Å². The molecule has 0 bridgehead atoms.